The van der Waals surface area contributed by atoms with Crippen molar-refractivity contribution in [2.75, 3.05) is 13.2 Å². The van der Waals surface area contributed by atoms with E-state index in [0.717, 1.165) is 23.1 Å². The van der Waals surface area contributed by atoms with Crippen molar-refractivity contribution >= 4 is 10.9 Å². The van der Waals surface area contributed by atoms with Crippen LogP contribution < -0.4 is 0 Å². The molecule has 0 unspecified atom stereocenters. The van der Waals surface area contributed by atoms with Gasteiger partial charge in [0.15, 0.2) is 0 Å². The molecule has 0 aliphatic carbocycles. The van der Waals surface area contributed by atoms with Crippen molar-refractivity contribution in [1.82, 2.24) is 9.78 Å². The molecule has 0 amide bonds. The second kappa shape index (κ2) is 5.94. The molecule has 2 rings (SSSR count). The molecule has 0 saturated heterocycles. The van der Waals surface area contributed by atoms with Crippen LogP contribution in [0.15, 0.2) is 24.3 Å². The van der Waals surface area contributed by atoms with Gasteiger partial charge in [-0.1, -0.05) is 32.0 Å². The van der Waals surface area contributed by atoms with Crippen LogP contribution in [0.5, 0.6) is 0 Å². The first-order valence-electron chi connectivity index (χ1n) is 7.24. The number of hydrogen-bond acceptors (Lipinski definition) is 3. The maximum atomic E-state index is 9.75. The van der Waals surface area contributed by atoms with Crippen molar-refractivity contribution in [3.63, 3.8) is 0 Å². The van der Waals surface area contributed by atoms with Gasteiger partial charge in [-0.2, -0.15) is 5.10 Å². The Labute approximate surface area is 120 Å². The van der Waals surface area contributed by atoms with Crippen molar-refractivity contribution < 1.29 is 10.2 Å². The smallest absolute Gasteiger partial charge is 0.0710 e. The summed E-state index contributed by atoms with van der Waals surface area (Å²) in [6.45, 7) is 6.88. The van der Waals surface area contributed by atoms with Gasteiger partial charge in [0.1, 0.15) is 0 Å². The molecule has 0 saturated carbocycles. The zero-order valence-electron chi connectivity index (χ0n) is 12.5. The molecule has 20 heavy (non-hydrogen) atoms. The molecule has 0 spiro atoms. The minimum absolute atomic E-state index is 0.0333. The molecule has 2 aromatic rings. The molecular formula is C16H24N2O2. The lowest BCUT2D eigenvalue weighted by molar-refractivity contribution is 0.0157. The van der Waals surface area contributed by atoms with Crippen LogP contribution >= 0.6 is 0 Å². The highest BCUT2D eigenvalue weighted by molar-refractivity contribution is 5.82. The average molecular weight is 276 g/mol. The van der Waals surface area contributed by atoms with Gasteiger partial charge in [-0.15, -0.1) is 0 Å². The van der Waals surface area contributed by atoms with Gasteiger partial charge in [-0.3, -0.25) is 4.68 Å². The summed E-state index contributed by atoms with van der Waals surface area (Å²) >= 11 is 0. The topological polar surface area (TPSA) is 58.3 Å². The maximum Gasteiger partial charge on any atom is 0.0710 e. The largest absolute Gasteiger partial charge is 0.396 e. The Balaban J connectivity index is 2.48. The van der Waals surface area contributed by atoms with Crippen molar-refractivity contribution in [3.8, 4) is 0 Å². The van der Waals surface area contributed by atoms with Crippen molar-refractivity contribution in [1.29, 1.82) is 0 Å². The minimum Gasteiger partial charge on any atom is -0.396 e. The lowest BCUT2D eigenvalue weighted by atomic mass is 9.74. The lowest BCUT2D eigenvalue weighted by Crippen LogP contribution is -2.37. The van der Waals surface area contributed by atoms with E-state index in [2.05, 4.69) is 24.2 Å². The SMILES string of the molecule is CCn1nc(CC(CO)(CO)C(C)C)c2ccccc21. The maximum absolute atomic E-state index is 9.75. The predicted octanol–water partition coefficient (Wildman–Crippen LogP) is 2.23. The first-order valence-corrected chi connectivity index (χ1v) is 7.24. The molecule has 4 heteroatoms. The van der Waals surface area contributed by atoms with Crippen LogP contribution in [0.25, 0.3) is 10.9 Å². The van der Waals surface area contributed by atoms with E-state index in [1.54, 1.807) is 0 Å². The number of aliphatic hydroxyl groups is 2. The number of aliphatic hydroxyl groups excluding tert-OH is 2. The van der Waals surface area contributed by atoms with Crippen LogP contribution in [0.2, 0.25) is 0 Å². The fourth-order valence-electron chi connectivity index (χ4n) is 2.63. The number of fused-ring (bicyclic) bond motifs is 1. The van der Waals surface area contributed by atoms with Gasteiger partial charge < -0.3 is 10.2 Å². The zero-order chi connectivity index (χ0) is 14.8. The van der Waals surface area contributed by atoms with E-state index in [-0.39, 0.29) is 19.1 Å². The molecule has 1 aromatic carbocycles. The fraction of sp³-hybridized carbons (Fsp3) is 0.562. The molecule has 0 bridgehead atoms. The van der Waals surface area contributed by atoms with E-state index in [4.69, 9.17) is 0 Å². The number of aromatic nitrogens is 2. The Hall–Kier alpha value is -1.39. The van der Waals surface area contributed by atoms with Crippen LogP contribution in [0.3, 0.4) is 0 Å². The van der Waals surface area contributed by atoms with Gasteiger partial charge in [0.2, 0.25) is 0 Å². The first kappa shape index (κ1) is 15.0. The lowest BCUT2D eigenvalue weighted by Gasteiger charge is -2.33. The van der Waals surface area contributed by atoms with Crippen LogP contribution in [0, 0.1) is 11.3 Å². The van der Waals surface area contributed by atoms with Crippen LogP contribution in [-0.4, -0.2) is 33.2 Å². The fourth-order valence-corrected chi connectivity index (χ4v) is 2.63. The minimum atomic E-state index is -0.518. The molecule has 0 fully saturated rings. The molecule has 4 nitrogen and oxygen atoms in total. The van der Waals surface area contributed by atoms with Gasteiger partial charge >= 0.3 is 0 Å². The summed E-state index contributed by atoms with van der Waals surface area (Å²) in [6, 6.07) is 8.13. The monoisotopic (exact) mass is 276 g/mol. The number of rotatable bonds is 6. The first-order chi connectivity index (χ1) is 9.57. The summed E-state index contributed by atoms with van der Waals surface area (Å²) in [7, 11) is 0. The number of para-hydroxylation sites is 1. The zero-order valence-corrected chi connectivity index (χ0v) is 12.5. The third-order valence-corrected chi connectivity index (χ3v) is 4.41. The average Bonchev–Trinajstić information content (AvgIpc) is 2.82. The predicted molar refractivity (Wildman–Crippen MR) is 80.6 cm³/mol. The molecule has 0 radical (unpaired) electrons. The second-order valence-electron chi connectivity index (χ2n) is 5.79. The third kappa shape index (κ3) is 2.45. The highest BCUT2D eigenvalue weighted by Gasteiger charge is 2.34. The Kier molecular flexibility index (Phi) is 4.45. The number of aryl methyl sites for hydroxylation is 1. The van der Waals surface area contributed by atoms with Crippen LogP contribution in [-0.2, 0) is 13.0 Å². The highest BCUT2D eigenvalue weighted by Crippen LogP contribution is 2.33. The molecular weight excluding hydrogens is 252 g/mol. The molecule has 1 heterocycles. The molecule has 0 aliphatic rings. The van der Waals surface area contributed by atoms with E-state index in [0.29, 0.717) is 6.42 Å². The summed E-state index contributed by atoms with van der Waals surface area (Å²) in [6.07, 6.45) is 0.588. The van der Waals surface area contributed by atoms with Gasteiger partial charge in [0, 0.05) is 23.8 Å². The van der Waals surface area contributed by atoms with Gasteiger partial charge in [-0.05, 0) is 18.9 Å². The molecule has 1 aromatic heterocycles. The van der Waals surface area contributed by atoms with E-state index in [1.807, 2.05) is 30.7 Å². The van der Waals surface area contributed by atoms with Crippen LogP contribution in [0.4, 0.5) is 0 Å². The number of hydrogen-bond donors (Lipinski definition) is 2. The molecule has 0 atom stereocenters. The summed E-state index contributed by atoms with van der Waals surface area (Å²) < 4.78 is 1.98. The van der Waals surface area contributed by atoms with Crippen molar-refractivity contribution in [2.45, 2.75) is 33.7 Å². The van der Waals surface area contributed by atoms with Crippen LogP contribution in [0.1, 0.15) is 26.5 Å². The summed E-state index contributed by atoms with van der Waals surface area (Å²) in [4.78, 5) is 0. The Morgan fingerprint density at radius 3 is 2.40 bits per heavy atom. The molecule has 2 N–H and O–H groups in total. The molecule has 110 valence electrons. The molecule has 0 aliphatic heterocycles. The third-order valence-electron chi connectivity index (χ3n) is 4.41. The van der Waals surface area contributed by atoms with Gasteiger partial charge in [-0.25, -0.2) is 0 Å². The summed E-state index contributed by atoms with van der Waals surface area (Å²) in [5.74, 6) is 0.183. The number of nitrogens with zero attached hydrogens (tertiary/aromatic N) is 2. The normalized spacial score (nSPS) is 12.5. The summed E-state index contributed by atoms with van der Waals surface area (Å²) in [5, 5.41) is 25.3. The Morgan fingerprint density at radius 1 is 1.20 bits per heavy atom. The highest BCUT2D eigenvalue weighted by atomic mass is 16.3. The van der Waals surface area contributed by atoms with Gasteiger partial charge in [0.25, 0.3) is 0 Å². The number of benzene rings is 1. The quantitative estimate of drug-likeness (QED) is 0.850. The van der Waals surface area contributed by atoms with E-state index >= 15 is 0 Å². The van der Waals surface area contributed by atoms with E-state index in [1.165, 1.54) is 0 Å². The standard InChI is InChI=1S/C16H24N2O2/c1-4-18-15-8-6-5-7-13(15)14(17-18)9-16(10-19,11-20)12(2)3/h5-8,12,19-20H,4,9-11H2,1-3H3. The second-order valence-corrected chi connectivity index (χ2v) is 5.79. The van der Waals surface area contributed by atoms with E-state index < -0.39 is 5.41 Å². The van der Waals surface area contributed by atoms with Crippen molar-refractivity contribution in [2.24, 2.45) is 11.3 Å². The Bertz CT molecular complexity index is 571. The van der Waals surface area contributed by atoms with Gasteiger partial charge in [0.05, 0.1) is 24.4 Å². The summed E-state index contributed by atoms with van der Waals surface area (Å²) in [5.41, 5.74) is 1.55. The Morgan fingerprint density at radius 2 is 1.85 bits per heavy atom. The van der Waals surface area contributed by atoms with Crippen molar-refractivity contribution in [3.05, 3.63) is 30.0 Å². The van der Waals surface area contributed by atoms with E-state index in [9.17, 15) is 10.2 Å².